The summed E-state index contributed by atoms with van der Waals surface area (Å²) in [5, 5.41) is 2.08. The number of aryl methyl sites for hydroxylation is 1. The van der Waals surface area contributed by atoms with Gasteiger partial charge in [0.05, 0.1) is 21.2 Å². The van der Waals surface area contributed by atoms with E-state index in [1.165, 1.54) is 55.5 Å². The molecular formula is C30H32ClF4N3O4S. The van der Waals surface area contributed by atoms with Gasteiger partial charge in [0, 0.05) is 18.2 Å². The summed E-state index contributed by atoms with van der Waals surface area (Å²) in [7, 11) is -4.62. The van der Waals surface area contributed by atoms with Gasteiger partial charge in [0.25, 0.3) is 10.0 Å². The molecule has 0 fully saturated rings. The smallest absolute Gasteiger partial charge is 0.352 e. The van der Waals surface area contributed by atoms with Crippen molar-refractivity contribution in [2.45, 2.75) is 63.8 Å². The molecule has 0 aromatic heterocycles. The van der Waals surface area contributed by atoms with E-state index in [9.17, 15) is 35.6 Å². The Kier molecular flexibility index (Phi) is 10.8. The summed E-state index contributed by atoms with van der Waals surface area (Å²) in [6.07, 6.45) is -4.34. The fourth-order valence-corrected chi connectivity index (χ4v) is 5.74. The maximum atomic E-state index is 14.6. The van der Waals surface area contributed by atoms with Crippen LogP contribution >= 0.6 is 11.6 Å². The van der Waals surface area contributed by atoms with Crippen LogP contribution in [-0.4, -0.2) is 43.8 Å². The number of rotatable bonds is 11. The molecule has 0 aliphatic carbocycles. The summed E-state index contributed by atoms with van der Waals surface area (Å²) in [6, 6.07) is 12.1. The Bertz CT molecular complexity index is 1570. The van der Waals surface area contributed by atoms with Gasteiger partial charge in [-0.3, -0.25) is 13.9 Å². The number of halogens is 5. The van der Waals surface area contributed by atoms with Gasteiger partial charge < -0.3 is 10.2 Å². The van der Waals surface area contributed by atoms with Crippen LogP contribution in [0.3, 0.4) is 0 Å². The molecule has 0 saturated carbocycles. The van der Waals surface area contributed by atoms with Crippen molar-refractivity contribution >= 4 is 39.1 Å². The zero-order valence-corrected chi connectivity index (χ0v) is 25.5. The van der Waals surface area contributed by atoms with Crippen molar-refractivity contribution in [2.75, 3.05) is 10.8 Å². The summed E-state index contributed by atoms with van der Waals surface area (Å²) >= 11 is 5.78. The molecule has 0 unspecified atom stereocenters. The van der Waals surface area contributed by atoms with Crippen LogP contribution in [0.1, 0.15) is 43.9 Å². The van der Waals surface area contributed by atoms with Gasteiger partial charge in [-0.05, 0) is 63.6 Å². The molecule has 3 rings (SSSR count). The van der Waals surface area contributed by atoms with E-state index in [0.29, 0.717) is 16.8 Å². The first-order chi connectivity index (χ1) is 20.1. The minimum Gasteiger partial charge on any atom is -0.352 e. The van der Waals surface area contributed by atoms with Gasteiger partial charge in [0.1, 0.15) is 18.4 Å². The Balaban J connectivity index is 2.13. The van der Waals surface area contributed by atoms with E-state index in [1.807, 2.05) is 6.92 Å². The van der Waals surface area contributed by atoms with Gasteiger partial charge in [-0.15, -0.1) is 0 Å². The average molecular weight is 642 g/mol. The molecule has 0 aliphatic heterocycles. The topological polar surface area (TPSA) is 86.8 Å². The van der Waals surface area contributed by atoms with Crippen LogP contribution in [0, 0.1) is 12.7 Å². The predicted molar refractivity (Wildman–Crippen MR) is 156 cm³/mol. The number of benzene rings is 3. The SMILES string of the molecule is CC[C@@H](C)NC(=O)[C@@H](C)N(Cc1ccccc1F)C(=O)CN(c1ccc(Cl)c(C(F)(F)F)c1)S(=O)(=O)c1ccc(C)cc1. The number of hydrogen-bond acceptors (Lipinski definition) is 4. The molecule has 3 aromatic carbocycles. The first-order valence-corrected chi connectivity index (χ1v) is 15.2. The van der Waals surface area contributed by atoms with E-state index in [2.05, 4.69) is 5.32 Å². The second kappa shape index (κ2) is 13.8. The highest BCUT2D eigenvalue weighted by Gasteiger charge is 2.37. The molecule has 13 heteroatoms. The third-order valence-corrected chi connectivity index (χ3v) is 9.02. The lowest BCUT2D eigenvalue weighted by Crippen LogP contribution is -2.52. The molecule has 2 atom stereocenters. The van der Waals surface area contributed by atoms with Crippen LogP contribution in [0.4, 0.5) is 23.2 Å². The number of carbonyl (C=O) groups is 2. The zero-order valence-electron chi connectivity index (χ0n) is 24.0. The Hall–Kier alpha value is -3.64. The van der Waals surface area contributed by atoms with Crippen molar-refractivity contribution in [1.82, 2.24) is 10.2 Å². The Labute approximate surface area is 253 Å². The molecule has 7 nitrogen and oxygen atoms in total. The van der Waals surface area contributed by atoms with Gasteiger partial charge >= 0.3 is 6.18 Å². The largest absolute Gasteiger partial charge is 0.417 e. The van der Waals surface area contributed by atoms with E-state index in [-0.39, 0.29) is 16.5 Å². The van der Waals surface area contributed by atoms with E-state index < -0.39 is 69.2 Å². The molecule has 0 radical (unpaired) electrons. The molecule has 0 aliphatic rings. The molecule has 2 amide bonds. The molecule has 0 heterocycles. The van der Waals surface area contributed by atoms with Crippen molar-refractivity contribution in [1.29, 1.82) is 0 Å². The van der Waals surface area contributed by atoms with Crippen LogP contribution < -0.4 is 9.62 Å². The average Bonchev–Trinajstić information content (AvgIpc) is 2.94. The highest BCUT2D eigenvalue weighted by Crippen LogP contribution is 2.38. The van der Waals surface area contributed by atoms with Crippen LogP contribution in [-0.2, 0) is 32.3 Å². The maximum Gasteiger partial charge on any atom is 0.417 e. The summed E-state index contributed by atoms with van der Waals surface area (Å²) in [4.78, 5) is 27.7. The maximum absolute atomic E-state index is 14.6. The number of sulfonamides is 1. The number of carbonyl (C=O) groups excluding carboxylic acids is 2. The fourth-order valence-electron chi connectivity index (χ4n) is 4.11. The number of amides is 2. The summed E-state index contributed by atoms with van der Waals surface area (Å²) in [5.41, 5.74) is -0.997. The van der Waals surface area contributed by atoms with Crippen molar-refractivity contribution < 1.29 is 35.6 Å². The van der Waals surface area contributed by atoms with Gasteiger partial charge in [0.2, 0.25) is 11.8 Å². The molecule has 0 saturated heterocycles. The molecule has 0 spiro atoms. The van der Waals surface area contributed by atoms with E-state index in [1.54, 1.807) is 13.8 Å². The fraction of sp³-hybridized carbons (Fsp3) is 0.333. The number of hydrogen-bond donors (Lipinski definition) is 1. The quantitative estimate of drug-likeness (QED) is 0.248. The van der Waals surface area contributed by atoms with Crippen molar-refractivity contribution in [3.05, 3.63) is 94.3 Å². The number of alkyl halides is 3. The molecular weight excluding hydrogens is 610 g/mol. The van der Waals surface area contributed by atoms with Gasteiger partial charge in [-0.25, -0.2) is 12.8 Å². The lowest BCUT2D eigenvalue weighted by Gasteiger charge is -2.32. The highest BCUT2D eigenvalue weighted by atomic mass is 35.5. The minimum absolute atomic E-state index is 0.0535. The second-order valence-corrected chi connectivity index (χ2v) is 12.4. The van der Waals surface area contributed by atoms with Gasteiger partial charge in [-0.1, -0.05) is 54.4 Å². The molecule has 1 N–H and O–H groups in total. The van der Waals surface area contributed by atoms with Gasteiger partial charge in [0.15, 0.2) is 0 Å². The number of nitrogens with one attached hydrogen (secondary N) is 1. The van der Waals surface area contributed by atoms with Crippen molar-refractivity contribution in [3.63, 3.8) is 0 Å². The molecule has 43 heavy (non-hydrogen) atoms. The Morgan fingerprint density at radius 3 is 2.21 bits per heavy atom. The highest BCUT2D eigenvalue weighted by molar-refractivity contribution is 7.92. The van der Waals surface area contributed by atoms with Crippen LogP contribution in [0.5, 0.6) is 0 Å². The molecule has 232 valence electrons. The minimum atomic E-state index is -4.92. The lowest BCUT2D eigenvalue weighted by molar-refractivity contribution is -0.139. The van der Waals surface area contributed by atoms with Crippen molar-refractivity contribution in [3.8, 4) is 0 Å². The molecule has 0 bridgehead atoms. The summed E-state index contributed by atoms with van der Waals surface area (Å²) in [6.45, 7) is 5.31. The summed E-state index contributed by atoms with van der Waals surface area (Å²) in [5.74, 6) is -2.18. The van der Waals surface area contributed by atoms with Gasteiger partial charge in [-0.2, -0.15) is 13.2 Å². The third kappa shape index (κ3) is 8.26. The van der Waals surface area contributed by atoms with E-state index in [4.69, 9.17) is 11.6 Å². The second-order valence-electron chi connectivity index (χ2n) is 10.1. The summed E-state index contributed by atoms with van der Waals surface area (Å²) < 4.78 is 84.1. The van der Waals surface area contributed by atoms with E-state index in [0.717, 1.165) is 22.6 Å². The Morgan fingerprint density at radius 2 is 1.63 bits per heavy atom. The zero-order chi connectivity index (χ0) is 32.1. The number of nitrogens with zero attached hydrogens (tertiary/aromatic N) is 2. The van der Waals surface area contributed by atoms with Crippen LogP contribution in [0.2, 0.25) is 5.02 Å². The van der Waals surface area contributed by atoms with Crippen molar-refractivity contribution in [2.24, 2.45) is 0 Å². The molecule has 3 aromatic rings. The van der Waals surface area contributed by atoms with Crippen LogP contribution in [0.25, 0.3) is 0 Å². The normalized spacial score (nSPS) is 13.2. The lowest BCUT2D eigenvalue weighted by atomic mass is 10.1. The first kappa shape index (κ1) is 33.9. The third-order valence-electron chi connectivity index (χ3n) is 6.90. The number of anilines is 1. The standard InChI is InChI=1S/C30H32ClF4N3O4S/c1-5-20(3)36-29(40)21(4)37(17-22-8-6-7-9-27(22)32)28(39)18-38(43(41,42)24-13-10-19(2)11-14-24)23-12-15-26(31)25(16-23)30(33,34)35/h6-16,20-21H,5,17-18H2,1-4H3,(H,36,40)/t20-,21-/m1/s1. The monoisotopic (exact) mass is 641 g/mol. The van der Waals surface area contributed by atoms with E-state index >= 15 is 0 Å². The predicted octanol–water partition coefficient (Wildman–Crippen LogP) is 6.33. The first-order valence-electron chi connectivity index (χ1n) is 13.4. The Morgan fingerprint density at radius 1 is 1.00 bits per heavy atom. The van der Waals surface area contributed by atoms with Crippen LogP contribution in [0.15, 0.2) is 71.6 Å².